The van der Waals surface area contributed by atoms with Gasteiger partial charge < -0.3 is 10.1 Å². The Labute approximate surface area is 175 Å². The number of anilines is 1. The summed E-state index contributed by atoms with van der Waals surface area (Å²) in [5.74, 6) is -0.0208. The average molecular weight is 439 g/mol. The highest BCUT2D eigenvalue weighted by molar-refractivity contribution is 6.32. The molecule has 0 bridgehead atoms. The van der Waals surface area contributed by atoms with Gasteiger partial charge in [0.25, 0.3) is 0 Å². The predicted molar refractivity (Wildman–Crippen MR) is 107 cm³/mol. The number of nitrogens with zero attached hydrogens (tertiary/aromatic N) is 3. The van der Waals surface area contributed by atoms with E-state index >= 15 is 0 Å². The van der Waals surface area contributed by atoms with Crippen LogP contribution in [0.1, 0.15) is 19.4 Å². The molecule has 10 heteroatoms. The largest absolute Gasteiger partial charge is 0.463 e. The summed E-state index contributed by atoms with van der Waals surface area (Å²) >= 11 is 5.75. The van der Waals surface area contributed by atoms with Crippen LogP contribution in [0.15, 0.2) is 48.5 Å². The maximum absolute atomic E-state index is 12.9. The molecule has 2 aromatic carbocycles. The molecule has 0 radical (unpaired) electrons. The summed E-state index contributed by atoms with van der Waals surface area (Å²) in [6.07, 6.45) is -4.43. The number of ether oxygens (including phenoxy) is 1. The van der Waals surface area contributed by atoms with E-state index in [0.29, 0.717) is 29.4 Å². The molecule has 0 saturated heterocycles. The third-order valence-corrected chi connectivity index (χ3v) is 4.27. The van der Waals surface area contributed by atoms with Gasteiger partial charge in [-0.3, -0.25) is 4.79 Å². The van der Waals surface area contributed by atoms with Crippen molar-refractivity contribution >= 4 is 23.2 Å². The van der Waals surface area contributed by atoms with Crippen LogP contribution < -0.4 is 10.1 Å². The maximum atomic E-state index is 12.9. The summed E-state index contributed by atoms with van der Waals surface area (Å²) in [4.78, 5) is 16.0. The SMILES string of the molecule is CCOc1nc(-c2ccc(C(F)(F)F)cc2)n(-c2ccc(NC(=O)C(C)Cl)cc2)n1. The zero-order valence-corrected chi connectivity index (χ0v) is 16.8. The molecule has 1 atom stereocenters. The molecule has 3 rings (SSSR count). The first kappa shape index (κ1) is 21.6. The molecule has 0 aliphatic rings. The number of carbonyl (C=O) groups is 1. The lowest BCUT2D eigenvalue weighted by Crippen LogP contribution is -2.20. The Morgan fingerprint density at radius 3 is 2.33 bits per heavy atom. The van der Waals surface area contributed by atoms with Gasteiger partial charge >= 0.3 is 12.2 Å². The lowest BCUT2D eigenvalue weighted by Gasteiger charge is -2.10. The minimum absolute atomic E-state index is 0.0979. The number of benzene rings is 2. The Hall–Kier alpha value is -3.07. The van der Waals surface area contributed by atoms with E-state index in [-0.39, 0.29) is 11.9 Å². The zero-order chi connectivity index (χ0) is 21.9. The Bertz CT molecular complexity index is 1020. The fraction of sp³-hybridized carbons (Fsp3) is 0.250. The van der Waals surface area contributed by atoms with Crippen LogP contribution in [0.25, 0.3) is 17.1 Å². The van der Waals surface area contributed by atoms with Gasteiger partial charge in [-0.15, -0.1) is 16.7 Å². The molecule has 158 valence electrons. The van der Waals surface area contributed by atoms with E-state index in [1.807, 2.05) is 0 Å². The Balaban J connectivity index is 1.96. The molecule has 0 aliphatic carbocycles. The van der Waals surface area contributed by atoms with Crippen LogP contribution in [0.4, 0.5) is 18.9 Å². The molecule has 0 spiro atoms. The van der Waals surface area contributed by atoms with Crippen LogP contribution >= 0.6 is 11.6 Å². The van der Waals surface area contributed by atoms with Crippen LogP contribution in [0.2, 0.25) is 0 Å². The van der Waals surface area contributed by atoms with Gasteiger partial charge in [-0.05, 0) is 50.2 Å². The number of halogens is 4. The van der Waals surface area contributed by atoms with Gasteiger partial charge in [0.2, 0.25) is 5.91 Å². The van der Waals surface area contributed by atoms with E-state index in [1.165, 1.54) is 16.8 Å². The van der Waals surface area contributed by atoms with Crippen molar-refractivity contribution in [3.63, 3.8) is 0 Å². The van der Waals surface area contributed by atoms with Gasteiger partial charge in [0.05, 0.1) is 17.9 Å². The molecular weight excluding hydrogens is 421 g/mol. The number of amides is 1. The fourth-order valence-corrected chi connectivity index (χ4v) is 2.64. The van der Waals surface area contributed by atoms with Crippen LogP contribution in [0, 0.1) is 0 Å². The van der Waals surface area contributed by atoms with Crippen molar-refractivity contribution in [1.29, 1.82) is 0 Å². The quantitative estimate of drug-likeness (QED) is 0.555. The third-order valence-electron chi connectivity index (χ3n) is 4.07. The number of hydrogen-bond acceptors (Lipinski definition) is 4. The summed E-state index contributed by atoms with van der Waals surface area (Å²) in [6.45, 7) is 3.66. The topological polar surface area (TPSA) is 69.0 Å². The van der Waals surface area contributed by atoms with Crippen molar-refractivity contribution in [2.24, 2.45) is 0 Å². The number of alkyl halides is 4. The van der Waals surface area contributed by atoms with E-state index in [1.54, 1.807) is 38.1 Å². The summed E-state index contributed by atoms with van der Waals surface area (Å²) in [6, 6.07) is 11.4. The van der Waals surface area contributed by atoms with Crippen molar-refractivity contribution in [3.8, 4) is 23.1 Å². The summed E-state index contributed by atoms with van der Waals surface area (Å²) < 4.78 is 45.4. The molecule has 0 fully saturated rings. The van der Waals surface area contributed by atoms with Gasteiger partial charge in [0.1, 0.15) is 5.38 Å². The standard InChI is InChI=1S/C20H18ClF3N4O2/c1-3-30-19-26-17(13-4-6-14(7-5-13)20(22,23)24)28(27-19)16-10-8-15(9-11-16)25-18(29)12(2)21/h4-12H,3H2,1-2H3,(H,25,29). The lowest BCUT2D eigenvalue weighted by atomic mass is 10.1. The van der Waals surface area contributed by atoms with Crippen molar-refractivity contribution in [2.45, 2.75) is 25.4 Å². The molecule has 1 N–H and O–H groups in total. The third kappa shape index (κ3) is 4.91. The van der Waals surface area contributed by atoms with Gasteiger partial charge in [-0.2, -0.15) is 18.2 Å². The van der Waals surface area contributed by atoms with Gasteiger partial charge in [-0.1, -0.05) is 12.1 Å². The van der Waals surface area contributed by atoms with E-state index in [0.717, 1.165) is 12.1 Å². The first-order valence-electron chi connectivity index (χ1n) is 9.02. The normalized spacial score (nSPS) is 12.5. The Morgan fingerprint density at radius 1 is 1.17 bits per heavy atom. The number of rotatable bonds is 6. The molecule has 1 heterocycles. The number of nitrogens with one attached hydrogen (secondary N) is 1. The van der Waals surface area contributed by atoms with E-state index in [9.17, 15) is 18.0 Å². The molecule has 1 amide bonds. The van der Waals surface area contributed by atoms with Crippen molar-refractivity contribution in [3.05, 3.63) is 54.1 Å². The van der Waals surface area contributed by atoms with E-state index in [4.69, 9.17) is 16.3 Å². The molecule has 0 saturated carbocycles. The molecule has 0 aliphatic heterocycles. The molecule has 6 nitrogen and oxygen atoms in total. The van der Waals surface area contributed by atoms with E-state index in [2.05, 4.69) is 15.4 Å². The Morgan fingerprint density at radius 2 is 1.80 bits per heavy atom. The maximum Gasteiger partial charge on any atom is 0.416 e. The van der Waals surface area contributed by atoms with E-state index < -0.39 is 17.1 Å². The van der Waals surface area contributed by atoms with Crippen molar-refractivity contribution in [1.82, 2.24) is 14.8 Å². The predicted octanol–water partition coefficient (Wildman–Crippen LogP) is 4.92. The second kappa shape index (κ2) is 8.74. The average Bonchev–Trinajstić information content (AvgIpc) is 3.12. The fourth-order valence-electron chi connectivity index (χ4n) is 2.59. The highest BCUT2D eigenvalue weighted by Gasteiger charge is 2.30. The summed E-state index contributed by atoms with van der Waals surface area (Å²) in [5.41, 5.74) is 0.809. The van der Waals surface area contributed by atoms with Gasteiger partial charge in [0, 0.05) is 11.3 Å². The molecule has 1 unspecified atom stereocenters. The van der Waals surface area contributed by atoms with Gasteiger partial charge in [0.15, 0.2) is 5.82 Å². The monoisotopic (exact) mass is 438 g/mol. The van der Waals surface area contributed by atoms with Crippen LogP contribution in [0.5, 0.6) is 6.01 Å². The second-order valence-electron chi connectivity index (χ2n) is 6.29. The highest BCUT2D eigenvalue weighted by atomic mass is 35.5. The lowest BCUT2D eigenvalue weighted by molar-refractivity contribution is -0.137. The first-order valence-corrected chi connectivity index (χ1v) is 9.45. The minimum atomic E-state index is -4.43. The van der Waals surface area contributed by atoms with Crippen LogP contribution in [-0.4, -0.2) is 32.7 Å². The highest BCUT2D eigenvalue weighted by Crippen LogP contribution is 2.31. The second-order valence-corrected chi connectivity index (χ2v) is 6.94. The zero-order valence-electron chi connectivity index (χ0n) is 16.1. The molecule has 30 heavy (non-hydrogen) atoms. The van der Waals surface area contributed by atoms with Crippen LogP contribution in [-0.2, 0) is 11.0 Å². The molecule has 3 aromatic rings. The van der Waals surface area contributed by atoms with Crippen molar-refractivity contribution in [2.75, 3.05) is 11.9 Å². The summed E-state index contributed by atoms with van der Waals surface area (Å²) in [5, 5.41) is 6.27. The van der Waals surface area contributed by atoms with Gasteiger partial charge in [-0.25, -0.2) is 4.68 Å². The number of hydrogen-bond donors (Lipinski definition) is 1. The van der Waals surface area contributed by atoms with Crippen molar-refractivity contribution < 1.29 is 22.7 Å². The smallest absolute Gasteiger partial charge is 0.416 e. The minimum Gasteiger partial charge on any atom is -0.463 e. The Kier molecular flexibility index (Phi) is 6.31. The van der Waals surface area contributed by atoms with Crippen LogP contribution in [0.3, 0.4) is 0 Å². The number of carbonyl (C=O) groups excluding carboxylic acids is 1. The first-order chi connectivity index (χ1) is 14.2. The molecule has 1 aromatic heterocycles. The summed E-state index contributed by atoms with van der Waals surface area (Å²) in [7, 11) is 0. The molecular formula is C20H18ClF3N4O2. The number of aromatic nitrogens is 3.